The fourth-order valence-electron chi connectivity index (χ4n) is 4.24. The van der Waals surface area contributed by atoms with Gasteiger partial charge in [0, 0.05) is 19.0 Å². The third-order valence-electron chi connectivity index (χ3n) is 5.49. The van der Waals surface area contributed by atoms with E-state index in [0.717, 1.165) is 19.0 Å². The molecule has 1 heterocycles. The molecule has 2 bridgehead atoms. The number of benzene rings is 2. The van der Waals surface area contributed by atoms with E-state index in [1.54, 1.807) is 5.56 Å². The molecular weight excluding hydrogens is 280 g/mol. The topological polar surface area (TPSA) is 27.0 Å². The Labute approximate surface area is 138 Å². The second kappa shape index (κ2) is 5.83. The van der Waals surface area contributed by atoms with Crippen LogP contribution in [0.2, 0.25) is 0 Å². The molecule has 23 heavy (non-hydrogen) atoms. The molecule has 0 unspecified atom stereocenters. The first-order valence-corrected chi connectivity index (χ1v) is 8.58. The molecule has 1 aliphatic heterocycles. The van der Waals surface area contributed by atoms with Gasteiger partial charge in [0.2, 0.25) is 0 Å². The highest BCUT2D eigenvalue weighted by Gasteiger charge is 2.38. The molecule has 2 nitrogen and oxygen atoms in total. The van der Waals surface area contributed by atoms with Gasteiger partial charge in [0.25, 0.3) is 0 Å². The second-order valence-electron chi connectivity index (χ2n) is 6.89. The van der Waals surface area contributed by atoms with Gasteiger partial charge in [0.1, 0.15) is 0 Å². The first kappa shape index (κ1) is 14.5. The predicted molar refractivity (Wildman–Crippen MR) is 93.1 cm³/mol. The molecule has 116 valence electrons. The van der Waals surface area contributed by atoms with Crippen LogP contribution in [0.4, 0.5) is 0 Å². The molecule has 2 atom stereocenters. The van der Waals surface area contributed by atoms with Crippen molar-refractivity contribution in [3.63, 3.8) is 0 Å². The van der Waals surface area contributed by atoms with E-state index in [-0.39, 0.29) is 0 Å². The van der Waals surface area contributed by atoms with E-state index in [4.69, 9.17) is 5.26 Å². The SMILES string of the molecule is Cc1ccc(-c2ccc3c(c2)[C@H]2C[C@H]3CCN2CCC#N)cc1. The number of hydrogen-bond donors (Lipinski definition) is 0. The molecule has 0 amide bonds. The van der Waals surface area contributed by atoms with Crippen molar-refractivity contribution in [1.82, 2.24) is 4.90 Å². The van der Waals surface area contributed by atoms with Crippen LogP contribution >= 0.6 is 0 Å². The zero-order valence-corrected chi connectivity index (χ0v) is 13.6. The van der Waals surface area contributed by atoms with Gasteiger partial charge in [-0.1, -0.05) is 42.0 Å². The van der Waals surface area contributed by atoms with E-state index in [2.05, 4.69) is 60.4 Å². The lowest BCUT2D eigenvalue weighted by Gasteiger charge is -2.33. The molecule has 2 aliphatic rings. The van der Waals surface area contributed by atoms with Crippen molar-refractivity contribution in [2.45, 2.75) is 38.1 Å². The minimum Gasteiger partial charge on any atom is -0.295 e. The van der Waals surface area contributed by atoms with Gasteiger partial charge < -0.3 is 0 Å². The number of likely N-dealkylation sites (tertiary alicyclic amines) is 1. The van der Waals surface area contributed by atoms with E-state index >= 15 is 0 Å². The van der Waals surface area contributed by atoms with Crippen molar-refractivity contribution in [1.29, 1.82) is 5.26 Å². The Bertz CT molecular complexity index is 754. The Kier molecular flexibility index (Phi) is 3.67. The Morgan fingerprint density at radius 1 is 1.09 bits per heavy atom. The molecular formula is C21H22N2. The number of aryl methyl sites for hydroxylation is 1. The molecule has 4 rings (SSSR count). The minimum atomic E-state index is 0.516. The lowest BCUT2D eigenvalue weighted by atomic mass is 9.94. The smallest absolute Gasteiger partial charge is 0.0635 e. The zero-order valence-electron chi connectivity index (χ0n) is 13.6. The summed E-state index contributed by atoms with van der Waals surface area (Å²) in [5.74, 6) is 0.723. The maximum atomic E-state index is 8.90. The maximum absolute atomic E-state index is 8.90. The Morgan fingerprint density at radius 3 is 2.65 bits per heavy atom. The molecule has 0 radical (unpaired) electrons. The zero-order chi connectivity index (χ0) is 15.8. The van der Waals surface area contributed by atoms with Crippen molar-refractivity contribution >= 4 is 0 Å². The van der Waals surface area contributed by atoms with Crippen molar-refractivity contribution < 1.29 is 0 Å². The highest BCUT2D eigenvalue weighted by Crippen LogP contribution is 2.49. The lowest BCUT2D eigenvalue weighted by Crippen LogP contribution is -2.32. The molecule has 1 aliphatic carbocycles. The Hall–Kier alpha value is -2.11. The third kappa shape index (κ3) is 2.56. The standard InChI is InChI=1S/C21H22N2/c1-15-3-5-16(6-4-15)17-7-8-19-18-9-12-23(11-2-10-22)21(14-18)20(19)13-17/h3-8,13,18,21H,2,9,11-12,14H2,1H3/t18-,21-/m1/s1. The van der Waals surface area contributed by atoms with E-state index < -0.39 is 0 Å². The van der Waals surface area contributed by atoms with Crippen molar-refractivity contribution in [3.8, 4) is 17.2 Å². The van der Waals surface area contributed by atoms with Crippen molar-refractivity contribution in [2.75, 3.05) is 13.1 Å². The van der Waals surface area contributed by atoms with Crippen LogP contribution in [0.3, 0.4) is 0 Å². The summed E-state index contributed by atoms with van der Waals surface area (Å²) in [5.41, 5.74) is 6.96. The summed E-state index contributed by atoms with van der Waals surface area (Å²) < 4.78 is 0. The third-order valence-corrected chi connectivity index (χ3v) is 5.49. The molecule has 2 aromatic carbocycles. The summed E-state index contributed by atoms with van der Waals surface area (Å²) in [7, 11) is 0. The summed E-state index contributed by atoms with van der Waals surface area (Å²) in [5, 5.41) is 8.90. The van der Waals surface area contributed by atoms with Crippen molar-refractivity contribution in [2.24, 2.45) is 0 Å². The monoisotopic (exact) mass is 302 g/mol. The van der Waals surface area contributed by atoms with Gasteiger partial charge >= 0.3 is 0 Å². The van der Waals surface area contributed by atoms with Crippen LogP contribution < -0.4 is 0 Å². The summed E-state index contributed by atoms with van der Waals surface area (Å²) in [6, 6.07) is 18.6. The first-order chi connectivity index (χ1) is 11.3. The molecule has 2 heteroatoms. The van der Waals surface area contributed by atoms with Gasteiger partial charge in [-0.25, -0.2) is 0 Å². The minimum absolute atomic E-state index is 0.516. The molecule has 1 fully saturated rings. The number of hydrogen-bond acceptors (Lipinski definition) is 2. The summed E-state index contributed by atoms with van der Waals surface area (Å²) in [6.07, 6.45) is 3.10. The predicted octanol–water partition coefficient (Wildman–Crippen LogP) is 4.81. The van der Waals surface area contributed by atoms with Gasteiger partial charge in [0.15, 0.2) is 0 Å². The van der Waals surface area contributed by atoms with Crippen molar-refractivity contribution in [3.05, 3.63) is 59.2 Å². The van der Waals surface area contributed by atoms with E-state index in [1.165, 1.54) is 35.1 Å². The van der Waals surface area contributed by atoms with Gasteiger partial charge in [-0.3, -0.25) is 4.90 Å². The van der Waals surface area contributed by atoms with Crippen LogP contribution in [0, 0.1) is 18.3 Å². The number of fused-ring (bicyclic) bond motifs is 5. The molecule has 0 saturated carbocycles. The normalized spacial score (nSPS) is 22.6. The second-order valence-corrected chi connectivity index (χ2v) is 6.89. The van der Waals surface area contributed by atoms with Gasteiger partial charge in [-0.2, -0.15) is 5.26 Å². The number of nitrogens with zero attached hydrogens (tertiary/aromatic N) is 2. The first-order valence-electron chi connectivity index (χ1n) is 8.58. The van der Waals surface area contributed by atoms with Gasteiger partial charge in [-0.05, 0) is 60.5 Å². The average molecular weight is 302 g/mol. The fourth-order valence-corrected chi connectivity index (χ4v) is 4.24. The fraction of sp³-hybridized carbons (Fsp3) is 0.381. The molecule has 1 saturated heterocycles. The number of nitriles is 1. The maximum Gasteiger partial charge on any atom is 0.0635 e. The van der Waals surface area contributed by atoms with Gasteiger partial charge in [0.05, 0.1) is 6.07 Å². The molecule has 0 aromatic heterocycles. The van der Waals surface area contributed by atoms with Crippen LogP contribution in [0.1, 0.15) is 47.9 Å². The Balaban J connectivity index is 1.69. The highest BCUT2D eigenvalue weighted by atomic mass is 15.2. The Morgan fingerprint density at radius 2 is 1.87 bits per heavy atom. The van der Waals surface area contributed by atoms with Crippen LogP contribution in [-0.2, 0) is 0 Å². The molecule has 0 spiro atoms. The molecule has 2 aromatic rings. The highest BCUT2D eigenvalue weighted by molar-refractivity contribution is 5.66. The van der Waals surface area contributed by atoms with Crippen LogP contribution in [0.5, 0.6) is 0 Å². The lowest BCUT2D eigenvalue weighted by molar-refractivity contribution is 0.156. The van der Waals surface area contributed by atoms with E-state index in [0.29, 0.717) is 12.5 Å². The molecule has 0 N–H and O–H groups in total. The summed E-state index contributed by atoms with van der Waals surface area (Å²) in [4.78, 5) is 2.52. The summed E-state index contributed by atoms with van der Waals surface area (Å²) >= 11 is 0. The quantitative estimate of drug-likeness (QED) is 0.813. The number of rotatable bonds is 3. The number of piperidine rings is 1. The van der Waals surface area contributed by atoms with Crippen LogP contribution in [-0.4, -0.2) is 18.0 Å². The van der Waals surface area contributed by atoms with Gasteiger partial charge in [-0.15, -0.1) is 0 Å². The summed E-state index contributed by atoms with van der Waals surface area (Å²) in [6.45, 7) is 4.16. The largest absolute Gasteiger partial charge is 0.295 e. The average Bonchev–Trinajstić information content (AvgIpc) is 2.88. The van der Waals surface area contributed by atoms with Crippen LogP contribution in [0.15, 0.2) is 42.5 Å². The van der Waals surface area contributed by atoms with Crippen LogP contribution in [0.25, 0.3) is 11.1 Å². The van der Waals surface area contributed by atoms with E-state index in [9.17, 15) is 0 Å². The van der Waals surface area contributed by atoms with E-state index in [1.807, 2.05) is 0 Å².